The lowest BCUT2D eigenvalue weighted by Gasteiger charge is -2.23. The molecular formula is C10H18O5. The topological polar surface area (TPSA) is 72.8 Å². The van der Waals surface area contributed by atoms with Crippen molar-refractivity contribution in [2.75, 3.05) is 13.4 Å². The van der Waals surface area contributed by atoms with Crippen molar-refractivity contribution in [3.63, 3.8) is 0 Å². The lowest BCUT2D eigenvalue weighted by atomic mass is 9.82. The first kappa shape index (κ1) is 13.9. The molecule has 0 amide bonds. The van der Waals surface area contributed by atoms with Crippen LogP contribution in [-0.2, 0) is 19.1 Å². The summed E-state index contributed by atoms with van der Waals surface area (Å²) in [4.78, 5) is 22.6. The van der Waals surface area contributed by atoms with Crippen molar-refractivity contribution in [1.29, 1.82) is 0 Å². The van der Waals surface area contributed by atoms with Crippen LogP contribution in [0.4, 0.5) is 0 Å². The highest BCUT2D eigenvalue weighted by molar-refractivity contribution is 5.98. The van der Waals surface area contributed by atoms with Gasteiger partial charge in [0.15, 0.2) is 12.2 Å². The van der Waals surface area contributed by atoms with E-state index >= 15 is 0 Å². The molecule has 0 radical (unpaired) electrons. The van der Waals surface area contributed by atoms with Gasteiger partial charge in [0.2, 0.25) is 0 Å². The van der Waals surface area contributed by atoms with Gasteiger partial charge in [-0.25, -0.2) is 0 Å². The van der Waals surface area contributed by atoms with Crippen LogP contribution in [0, 0.1) is 5.41 Å². The van der Waals surface area contributed by atoms with Crippen molar-refractivity contribution in [2.24, 2.45) is 5.41 Å². The van der Waals surface area contributed by atoms with Gasteiger partial charge < -0.3 is 14.6 Å². The minimum Gasteiger partial charge on any atom is -0.480 e. The van der Waals surface area contributed by atoms with E-state index in [0.29, 0.717) is 6.61 Å². The Kier molecular flexibility index (Phi) is 5.93. The van der Waals surface area contributed by atoms with E-state index in [0.717, 1.165) is 0 Å². The summed E-state index contributed by atoms with van der Waals surface area (Å²) >= 11 is 0. The molecule has 0 fully saturated rings. The zero-order valence-electron chi connectivity index (χ0n) is 9.41. The van der Waals surface area contributed by atoms with Crippen LogP contribution >= 0.6 is 0 Å². The third-order valence-corrected chi connectivity index (χ3v) is 2.48. The molecule has 0 aromatic carbocycles. The average molecular weight is 218 g/mol. The predicted molar refractivity (Wildman–Crippen MR) is 53.2 cm³/mol. The molecule has 0 aliphatic rings. The van der Waals surface area contributed by atoms with Gasteiger partial charge in [0.25, 0.3) is 0 Å². The van der Waals surface area contributed by atoms with Gasteiger partial charge in [-0.1, -0.05) is 13.8 Å². The largest absolute Gasteiger partial charge is 0.480 e. The summed E-state index contributed by atoms with van der Waals surface area (Å²) in [6, 6.07) is 0. The zero-order valence-corrected chi connectivity index (χ0v) is 9.41. The second kappa shape index (κ2) is 6.40. The van der Waals surface area contributed by atoms with Crippen molar-refractivity contribution in [2.45, 2.75) is 33.6 Å². The number of aliphatic carboxylic acids is 1. The number of ether oxygens (including phenoxy) is 2. The number of carbonyl (C=O) groups excluding carboxylic acids is 1. The number of carbonyl (C=O) groups is 2. The zero-order chi connectivity index (χ0) is 11.9. The smallest absolute Gasteiger partial charge is 0.325 e. The second-order valence-electron chi connectivity index (χ2n) is 3.14. The van der Waals surface area contributed by atoms with Crippen molar-refractivity contribution in [3.8, 4) is 0 Å². The monoisotopic (exact) mass is 218 g/mol. The normalized spacial score (nSPS) is 11.1. The molecule has 88 valence electrons. The molecule has 0 saturated carbocycles. The summed E-state index contributed by atoms with van der Waals surface area (Å²) in [5.41, 5.74) is -1.43. The minimum absolute atomic E-state index is 0.190. The molecule has 0 rings (SSSR count). The number of carboxylic acid groups (broad SMARTS) is 1. The Balaban J connectivity index is 4.49. The predicted octanol–water partition coefficient (Wildman–Crippen LogP) is 1.41. The SMILES string of the molecule is CCOCOC(=O)C(CC)(CC)C(=O)O. The Morgan fingerprint density at radius 3 is 2.07 bits per heavy atom. The van der Waals surface area contributed by atoms with Crippen LogP contribution < -0.4 is 0 Å². The van der Waals surface area contributed by atoms with Gasteiger partial charge in [0.05, 0.1) is 0 Å². The molecule has 0 aromatic rings. The first-order valence-electron chi connectivity index (χ1n) is 5.03. The van der Waals surface area contributed by atoms with Gasteiger partial charge in [-0.15, -0.1) is 0 Å². The number of carboxylic acids is 1. The minimum atomic E-state index is -1.43. The molecule has 0 heterocycles. The molecule has 15 heavy (non-hydrogen) atoms. The molecule has 0 unspecified atom stereocenters. The molecule has 0 spiro atoms. The van der Waals surface area contributed by atoms with Gasteiger partial charge in [-0.2, -0.15) is 0 Å². The second-order valence-corrected chi connectivity index (χ2v) is 3.14. The molecule has 5 heteroatoms. The van der Waals surface area contributed by atoms with Crippen LogP contribution in [0.5, 0.6) is 0 Å². The maximum absolute atomic E-state index is 11.6. The van der Waals surface area contributed by atoms with Gasteiger partial charge in [-0.3, -0.25) is 9.59 Å². The van der Waals surface area contributed by atoms with Crippen molar-refractivity contribution >= 4 is 11.9 Å². The first-order valence-corrected chi connectivity index (χ1v) is 5.03. The van der Waals surface area contributed by atoms with E-state index in [4.69, 9.17) is 14.6 Å². The third kappa shape index (κ3) is 3.20. The summed E-state index contributed by atoms with van der Waals surface area (Å²) in [7, 11) is 0. The lowest BCUT2D eigenvalue weighted by molar-refractivity contribution is -0.177. The summed E-state index contributed by atoms with van der Waals surface area (Å²) < 4.78 is 9.58. The van der Waals surface area contributed by atoms with Crippen molar-refractivity contribution in [1.82, 2.24) is 0 Å². The average Bonchev–Trinajstić information content (AvgIpc) is 2.20. The molecule has 0 aliphatic carbocycles. The van der Waals surface area contributed by atoms with Gasteiger partial charge in [0.1, 0.15) is 0 Å². The molecule has 1 N–H and O–H groups in total. The lowest BCUT2D eigenvalue weighted by Crippen LogP contribution is -2.40. The third-order valence-electron chi connectivity index (χ3n) is 2.48. The van der Waals surface area contributed by atoms with Crippen LogP contribution in [0.1, 0.15) is 33.6 Å². The van der Waals surface area contributed by atoms with E-state index in [-0.39, 0.29) is 19.6 Å². The molecular weight excluding hydrogens is 200 g/mol. The van der Waals surface area contributed by atoms with E-state index < -0.39 is 17.4 Å². The first-order chi connectivity index (χ1) is 7.05. The Morgan fingerprint density at radius 1 is 1.20 bits per heavy atom. The van der Waals surface area contributed by atoms with E-state index in [9.17, 15) is 9.59 Å². The van der Waals surface area contributed by atoms with E-state index in [1.165, 1.54) is 0 Å². The van der Waals surface area contributed by atoms with E-state index in [2.05, 4.69) is 0 Å². The van der Waals surface area contributed by atoms with Crippen LogP contribution in [0.2, 0.25) is 0 Å². The number of rotatable bonds is 7. The van der Waals surface area contributed by atoms with Crippen LogP contribution in [-0.4, -0.2) is 30.4 Å². The Morgan fingerprint density at radius 2 is 1.73 bits per heavy atom. The molecule has 5 nitrogen and oxygen atoms in total. The van der Waals surface area contributed by atoms with Gasteiger partial charge >= 0.3 is 11.9 Å². The molecule has 0 bridgehead atoms. The summed E-state index contributed by atoms with van der Waals surface area (Å²) in [6.45, 7) is 5.30. The van der Waals surface area contributed by atoms with Crippen molar-refractivity contribution < 1.29 is 24.2 Å². The Bertz CT molecular complexity index is 220. The highest BCUT2D eigenvalue weighted by Crippen LogP contribution is 2.28. The van der Waals surface area contributed by atoms with E-state index in [1.54, 1.807) is 20.8 Å². The van der Waals surface area contributed by atoms with Crippen LogP contribution in [0.15, 0.2) is 0 Å². The van der Waals surface area contributed by atoms with Gasteiger partial charge in [-0.05, 0) is 19.8 Å². The number of hydrogen-bond donors (Lipinski definition) is 1. The van der Waals surface area contributed by atoms with Crippen molar-refractivity contribution in [3.05, 3.63) is 0 Å². The molecule has 0 aliphatic heterocycles. The standard InChI is InChI=1S/C10H18O5/c1-4-10(5-2,8(11)12)9(13)15-7-14-6-3/h4-7H2,1-3H3,(H,11,12). The summed E-state index contributed by atoms with van der Waals surface area (Å²) in [5, 5.41) is 9.01. The highest BCUT2D eigenvalue weighted by Gasteiger charge is 2.44. The fraction of sp³-hybridized carbons (Fsp3) is 0.800. The van der Waals surface area contributed by atoms with Crippen LogP contribution in [0.3, 0.4) is 0 Å². The summed E-state index contributed by atoms with van der Waals surface area (Å²) in [6.07, 6.45) is 0.424. The Hall–Kier alpha value is -1.10. The maximum Gasteiger partial charge on any atom is 0.325 e. The number of esters is 1. The van der Waals surface area contributed by atoms with E-state index in [1.807, 2.05) is 0 Å². The Labute approximate surface area is 89.4 Å². The van der Waals surface area contributed by atoms with Crippen LogP contribution in [0.25, 0.3) is 0 Å². The quantitative estimate of drug-likeness (QED) is 0.303. The molecule has 0 aromatic heterocycles. The fourth-order valence-electron chi connectivity index (χ4n) is 1.25. The highest BCUT2D eigenvalue weighted by atomic mass is 16.7. The number of hydrogen-bond acceptors (Lipinski definition) is 4. The summed E-state index contributed by atoms with van der Waals surface area (Å²) in [5.74, 6) is -1.87. The maximum atomic E-state index is 11.6. The van der Waals surface area contributed by atoms with Gasteiger partial charge in [0, 0.05) is 6.61 Å². The molecule has 0 atom stereocenters. The fourth-order valence-corrected chi connectivity index (χ4v) is 1.25. The molecule has 0 saturated heterocycles.